The van der Waals surface area contributed by atoms with Crippen LogP contribution in [0.3, 0.4) is 0 Å². The standard InChI is InChI=1S/C8H9ClO3S/c1-12-8-4-7(9)3-2-6(8)5-13(10)11/h2-4H,5H2,1H3,(H,10,11)/p-1. The summed E-state index contributed by atoms with van der Waals surface area (Å²) in [6, 6.07) is 4.85. The number of rotatable bonds is 3. The predicted octanol–water partition coefficient (Wildman–Crippen LogP) is 1.73. The van der Waals surface area contributed by atoms with Crippen LogP contribution in [0.1, 0.15) is 5.56 Å². The first-order valence-corrected chi connectivity index (χ1v) is 5.14. The van der Waals surface area contributed by atoms with Crippen LogP contribution in [0, 0.1) is 0 Å². The van der Waals surface area contributed by atoms with Gasteiger partial charge >= 0.3 is 0 Å². The molecule has 3 nitrogen and oxygen atoms in total. The summed E-state index contributed by atoms with van der Waals surface area (Å²) in [5.74, 6) is 0.442. The summed E-state index contributed by atoms with van der Waals surface area (Å²) in [6.07, 6.45) is 0. The van der Waals surface area contributed by atoms with Crippen LogP contribution in [-0.2, 0) is 16.8 Å². The fourth-order valence-electron chi connectivity index (χ4n) is 0.965. The molecule has 72 valence electrons. The lowest BCUT2D eigenvalue weighted by atomic mass is 10.2. The van der Waals surface area contributed by atoms with Crippen molar-refractivity contribution < 1.29 is 13.5 Å². The molecule has 0 aromatic heterocycles. The third kappa shape index (κ3) is 2.99. The van der Waals surface area contributed by atoms with Gasteiger partial charge in [0.05, 0.1) is 7.11 Å². The van der Waals surface area contributed by atoms with Crippen LogP contribution >= 0.6 is 11.6 Å². The number of hydrogen-bond donors (Lipinski definition) is 0. The zero-order valence-electron chi connectivity index (χ0n) is 6.95. The summed E-state index contributed by atoms with van der Waals surface area (Å²) in [5, 5.41) is 0.525. The van der Waals surface area contributed by atoms with Crippen molar-refractivity contribution in [2.24, 2.45) is 0 Å². The fraction of sp³-hybridized carbons (Fsp3) is 0.250. The van der Waals surface area contributed by atoms with E-state index in [0.717, 1.165) is 0 Å². The van der Waals surface area contributed by atoms with E-state index in [2.05, 4.69) is 0 Å². The molecule has 1 rings (SSSR count). The summed E-state index contributed by atoms with van der Waals surface area (Å²) in [5.41, 5.74) is 0.611. The molecule has 0 fully saturated rings. The van der Waals surface area contributed by atoms with Gasteiger partial charge in [0.2, 0.25) is 0 Å². The average molecular weight is 220 g/mol. The van der Waals surface area contributed by atoms with Gasteiger partial charge in [0, 0.05) is 16.3 Å². The second kappa shape index (κ2) is 4.60. The molecular formula is C8H8ClO3S-. The maximum absolute atomic E-state index is 10.4. The topological polar surface area (TPSA) is 49.4 Å². The first-order valence-electron chi connectivity index (χ1n) is 3.51. The molecule has 1 atom stereocenters. The van der Waals surface area contributed by atoms with E-state index >= 15 is 0 Å². The van der Waals surface area contributed by atoms with Crippen molar-refractivity contribution >= 4 is 22.7 Å². The van der Waals surface area contributed by atoms with Gasteiger partial charge in [-0.2, -0.15) is 0 Å². The molecule has 1 aromatic rings. The highest BCUT2D eigenvalue weighted by atomic mass is 35.5. The van der Waals surface area contributed by atoms with E-state index < -0.39 is 11.1 Å². The lowest BCUT2D eigenvalue weighted by molar-refractivity contribution is 0.410. The molecule has 0 amide bonds. The highest BCUT2D eigenvalue weighted by Gasteiger charge is 2.03. The molecule has 5 heteroatoms. The molecular weight excluding hydrogens is 212 g/mol. The Bertz CT molecular complexity index is 327. The Balaban J connectivity index is 2.99. The van der Waals surface area contributed by atoms with Gasteiger partial charge in [-0.25, -0.2) is 0 Å². The van der Waals surface area contributed by atoms with Crippen molar-refractivity contribution in [3.63, 3.8) is 0 Å². The zero-order valence-corrected chi connectivity index (χ0v) is 8.52. The highest BCUT2D eigenvalue weighted by Crippen LogP contribution is 2.23. The van der Waals surface area contributed by atoms with Crippen LogP contribution in [0.5, 0.6) is 5.75 Å². The summed E-state index contributed by atoms with van der Waals surface area (Å²) in [7, 11) is 1.48. The molecule has 0 radical (unpaired) electrons. The van der Waals surface area contributed by atoms with Crippen molar-refractivity contribution in [3.05, 3.63) is 28.8 Å². The highest BCUT2D eigenvalue weighted by molar-refractivity contribution is 7.78. The van der Waals surface area contributed by atoms with Gasteiger partial charge in [-0.1, -0.05) is 28.7 Å². The molecule has 0 aliphatic rings. The second-order valence-electron chi connectivity index (χ2n) is 2.40. The van der Waals surface area contributed by atoms with Crippen molar-refractivity contribution in [2.45, 2.75) is 5.75 Å². The van der Waals surface area contributed by atoms with Gasteiger partial charge in [0.15, 0.2) is 0 Å². The molecule has 0 spiro atoms. The molecule has 0 saturated carbocycles. The molecule has 13 heavy (non-hydrogen) atoms. The number of hydrogen-bond acceptors (Lipinski definition) is 3. The Kier molecular flexibility index (Phi) is 3.71. The van der Waals surface area contributed by atoms with Crippen molar-refractivity contribution in [1.82, 2.24) is 0 Å². The van der Waals surface area contributed by atoms with Crippen LogP contribution in [0.15, 0.2) is 18.2 Å². The quantitative estimate of drug-likeness (QED) is 0.728. The third-order valence-corrected chi connectivity index (χ3v) is 2.30. The van der Waals surface area contributed by atoms with Gasteiger partial charge in [-0.15, -0.1) is 0 Å². The minimum Gasteiger partial charge on any atom is -0.772 e. The molecule has 0 aliphatic heterocycles. The minimum absolute atomic E-state index is 0.0552. The third-order valence-electron chi connectivity index (χ3n) is 1.52. The Morgan fingerprint density at radius 1 is 1.62 bits per heavy atom. The van der Waals surface area contributed by atoms with Gasteiger partial charge in [0.25, 0.3) is 0 Å². The van der Waals surface area contributed by atoms with Crippen molar-refractivity contribution in [2.75, 3.05) is 7.11 Å². The molecule has 0 aliphatic carbocycles. The van der Waals surface area contributed by atoms with Gasteiger partial charge < -0.3 is 9.29 Å². The van der Waals surface area contributed by atoms with Crippen LogP contribution in [0.2, 0.25) is 5.02 Å². The smallest absolute Gasteiger partial charge is 0.124 e. The lowest BCUT2D eigenvalue weighted by Gasteiger charge is -2.10. The number of ether oxygens (including phenoxy) is 1. The van der Waals surface area contributed by atoms with E-state index in [-0.39, 0.29) is 5.75 Å². The molecule has 1 unspecified atom stereocenters. The van der Waals surface area contributed by atoms with Gasteiger partial charge in [-0.05, 0) is 12.1 Å². The Hall–Kier alpha value is -0.580. The Labute approximate surface area is 84.0 Å². The summed E-state index contributed by atoms with van der Waals surface area (Å²) < 4.78 is 25.8. The summed E-state index contributed by atoms with van der Waals surface area (Å²) in [6.45, 7) is 0. The first-order chi connectivity index (χ1) is 6.13. The van der Waals surface area contributed by atoms with E-state index in [0.29, 0.717) is 16.3 Å². The second-order valence-corrected chi connectivity index (χ2v) is 3.74. The Morgan fingerprint density at radius 3 is 2.85 bits per heavy atom. The maximum Gasteiger partial charge on any atom is 0.124 e. The van der Waals surface area contributed by atoms with Crippen LogP contribution in [-0.4, -0.2) is 15.9 Å². The Morgan fingerprint density at radius 2 is 2.31 bits per heavy atom. The van der Waals surface area contributed by atoms with Crippen LogP contribution in [0.25, 0.3) is 0 Å². The average Bonchev–Trinajstić information content (AvgIpc) is 2.07. The summed E-state index contributed by atoms with van der Waals surface area (Å²) >= 11 is 3.59. The normalized spacial score (nSPS) is 12.5. The molecule has 0 heterocycles. The lowest BCUT2D eigenvalue weighted by Crippen LogP contribution is -1.96. The van der Waals surface area contributed by atoms with E-state index in [9.17, 15) is 8.76 Å². The summed E-state index contributed by atoms with van der Waals surface area (Å²) in [4.78, 5) is 0. The minimum atomic E-state index is -2.11. The van der Waals surface area contributed by atoms with Gasteiger partial charge in [-0.3, -0.25) is 4.21 Å². The van der Waals surface area contributed by atoms with E-state index in [4.69, 9.17) is 16.3 Å². The van der Waals surface area contributed by atoms with E-state index in [1.807, 2.05) is 0 Å². The van der Waals surface area contributed by atoms with Crippen molar-refractivity contribution in [1.29, 1.82) is 0 Å². The van der Waals surface area contributed by atoms with Crippen LogP contribution in [0.4, 0.5) is 0 Å². The largest absolute Gasteiger partial charge is 0.772 e. The SMILES string of the molecule is COc1cc(Cl)ccc1CS(=O)[O-]. The first kappa shape index (κ1) is 10.5. The van der Waals surface area contributed by atoms with E-state index in [1.54, 1.807) is 18.2 Å². The molecule has 0 bridgehead atoms. The zero-order chi connectivity index (χ0) is 9.84. The fourth-order valence-corrected chi connectivity index (χ4v) is 1.62. The predicted molar refractivity (Wildman–Crippen MR) is 50.6 cm³/mol. The molecule has 0 N–H and O–H groups in total. The van der Waals surface area contributed by atoms with Crippen LogP contribution < -0.4 is 4.74 Å². The number of benzene rings is 1. The molecule has 0 saturated heterocycles. The maximum atomic E-state index is 10.4. The van der Waals surface area contributed by atoms with Crippen molar-refractivity contribution in [3.8, 4) is 5.75 Å². The van der Waals surface area contributed by atoms with E-state index in [1.165, 1.54) is 7.11 Å². The molecule has 1 aromatic carbocycles. The number of halogens is 1. The monoisotopic (exact) mass is 219 g/mol. The number of methoxy groups -OCH3 is 1. The van der Waals surface area contributed by atoms with Gasteiger partial charge in [0.1, 0.15) is 5.75 Å².